The number of hydrogen-bond acceptors (Lipinski definition) is 4. The van der Waals surface area contributed by atoms with E-state index in [1.807, 2.05) is 6.92 Å². The lowest BCUT2D eigenvalue weighted by Gasteiger charge is -2.07. The maximum absolute atomic E-state index is 13.7. The summed E-state index contributed by atoms with van der Waals surface area (Å²) >= 11 is 1.20. The van der Waals surface area contributed by atoms with Crippen LogP contribution in [0.3, 0.4) is 0 Å². The van der Waals surface area contributed by atoms with Crippen molar-refractivity contribution in [3.8, 4) is 5.75 Å². The first-order chi connectivity index (χ1) is 10.9. The molecule has 2 rings (SSSR count). The second-order valence-electron chi connectivity index (χ2n) is 4.80. The summed E-state index contributed by atoms with van der Waals surface area (Å²) in [7, 11) is 1.33. The number of amides is 1. The summed E-state index contributed by atoms with van der Waals surface area (Å²) in [6, 6.07) is 3.81. The predicted octanol–water partition coefficient (Wildman–Crippen LogP) is 3.72. The van der Waals surface area contributed by atoms with Gasteiger partial charge in [-0.3, -0.25) is 4.79 Å². The number of ether oxygens (including phenoxy) is 1. The zero-order valence-corrected chi connectivity index (χ0v) is 13.7. The van der Waals surface area contributed by atoms with E-state index in [1.165, 1.54) is 30.6 Å². The lowest BCUT2D eigenvalue weighted by Crippen LogP contribution is -2.14. The molecule has 1 aromatic carbocycles. The van der Waals surface area contributed by atoms with Crippen LogP contribution in [0.2, 0.25) is 0 Å². The van der Waals surface area contributed by atoms with Crippen LogP contribution in [0.25, 0.3) is 0 Å². The topological polar surface area (TPSA) is 75.6 Å². The molecule has 0 atom stereocenters. The molecule has 0 unspecified atom stereocenters. The Balaban J connectivity index is 2.34. The van der Waals surface area contributed by atoms with Crippen LogP contribution in [0.1, 0.15) is 38.1 Å². The molecule has 1 amide bonds. The molecule has 0 radical (unpaired) electrons. The molecular formula is C16H16FNO4S. The molecule has 0 aliphatic rings. The van der Waals surface area contributed by atoms with Crippen LogP contribution >= 0.6 is 11.3 Å². The summed E-state index contributed by atoms with van der Waals surface area (Å²) in [5, 5.41) is 12.2. The molecule has 5 nitrogen and oxygen atoms in total. The maximum atomic E-state index is 13.7. The van der Waals surface area contributed by atoms with Crippen molar-refractivity contribution in [1.29, 1.82) is 0 Å². The number of carbonyl (C=O) groups excluding carboxylic acids is 1. The van der Waals surface area contributed by atoms with E-state index in [4.69, 9.17) is 4.74 Å². The minimum absolute atomic E-state index is 0.0352. The largest absolute Gasteiger partial charge is 0.494 e. The fourth-order valence-corrected chi connectivity index (χ4v) is 3.43. The van der Waals surface area contributed by atoms with E-state index in [9.17, 15) is 19.1 Å². The fourth-order valence-electron chi connectivity index (χ4n) is 2.30. The number of aryl methyl sites for hydroxylation is 1. The van der Waals surface area contributed by atoms with Crippen molar-refractivity contribution in [1.82, 2.24) is 0 Å². The summed E-state index contributed by atoms with van der Waals surface area (Å²) < 4.78 is 18.5. The summed E-state index contributed by atoms with van der Waals surface area (Å²) in [6.07, 6.45) is 0.553. The van der Waals surface area contributed by atoms with Crippen molar-refractivity contribution in [3.63, 3.8) is 0 Å². The van der Waals surface area contributed by atoms with Gasteiger partial charge < -0.3 is 15.2 Å². The van der Waals surface area contributed by atoms with E-state index >= 15 is 0 Å². The number of carboxylic acids is 1. The molecule has 0 fully saturated rings. The Morgan fingerprint density at radius 1 is 1.39 bits per heavy atom. The minimum Gasteiger partial charge on any atom is -0.494 e. The van der Waals surface area contributed by atoms with Gasteiger partial charge >= 0.3 is 5.97 Å². The van der Waals surface area contributed by atoms with Gasteiger partial charge in [0.25, 0.3) is 5.91 Å². The van der Waals surface area contributed by atoms with Gasteiger partial charge in [0.15, 0.2) is 11.6 Å². The van der Waals surface area contributed by atoms with Crippen LogP contribution < -0.4 is 10.1 Å². The van der Waals surface area contributed by atoms with E-state index in [0.29, 0.717) is 12.0 Å². The summed E-state index contributed by atoms with van der Waals surface area (Å²) in [6.45, 7) is 3.66. The highest BCUT2D eigenvalue weighted by Gasteiger charge is 2.22. The maximum Gasteiger partial charge on any atom is 0.339 e. The van der Waals surface area contributed by atoms with Crippen molar-refractivity contribution in [3.05, 3.63) is 45.6 Å². The van der Waals surface area contributed by atoms with Gasteiger partial charge in [0.2, 0.25) is 0 Å². The number of anilines is 1. The quantitative estimate of drug-likeness (QED) is 0.872. The average Bonchev–Trinajstić information content (AvgIpc) is 2.82. The average molecular weight is 337 g/mol. The molecule has 0 aliphatic carbocycles. The molecule has 1 heterocycles. The van der Waals surface area contributed by atoms with Crippen LogP contribution in [-0.4, -0.2) is 24.1 Å². The molecule has 122 valence electrons. The number of nitrogens with one attached hydrogen (secondary N) is 1. The second kappa shape index (κ2) is 6.78. The molecule has 0 saturated heterocycles. The van der Waals surface area contributed by atoms with Crippen molar-refractivity contribution >= 4 is 28.2 Å². The molecule has 0 bridgehead atoms. The monoisotopic (exact) mass is 337 g/mol. The van der Waals surface area contributed by atoms with Gasteiger partial charge in [-0.25, -0.2) is 9.18 Å². The Kier molecular flexibility index (Phi) is 5.00. The smallest absolute Gasteiger partial charge is 0.339 e. The van der Waals surface area contributed by atoms with Crippen molar-refractivity contribution in [2.24, 2.45) is 0 Å². The van der Waals surface area contributed by atoms with E-state index in [0.717, 1.165) is 10.9 Å². The third-order valence-corrected chi connectivity index (χ3v) is 4.48. The fraction of sp³-hybridized carbons (Fsp3) is 0.250. The van der Waals surface area contributed by atoms with E-state index < -0.39 is 17.7 Å². The van der Waals surface area contributed by atoms with E-state index in [2.05, 4.69) is 5.32 Å². The van der Waals surface area contributed by atoms with E-state index in [1.54, 1.807) is 6.92 Å². The Labute approximate surface area is 136 Å². The Morgan fingerprint density at radius 2 is 2.09 bits per heavy atom. The first-order valence-corrected chi connectivity index (χ1v) is 7.71. The molecule has 1 aromatic heterocycles. The molecular weight excluding hydrogens is 321 g/mol. The Hall–Kier alpha value is -2.41. The van der Waals surface area contributed by atoms with Gasteiger partial charge in [-0.1, -0.05) is 6.92 Å². The molecule has 2 N–H and O–H groups in total. The first kappa shape index (κ1) is 17.0. The van der Waals surface area contributed by atoms with Crippen LogP contribution in [0.4, 0.5) is 9.39 Å². The van der Waals surface area contributed by atoms with E-state index in [-0.39, 0.29) is 21.9 Å². The molecule has 7 heteroatoms. The zero-order chi connectivity index (χ0) is 17.1. The highest BCUT2D eigenvalue weighted by Crippen LogP contribution is 2.33. The predicted molar refractivity (Wildman–Crippen MR) is 86.3 cm³/mol. The number of rotatable bonds is 5. The number of hydrogen-bond donors (Lipinski definition) is 2. The number of benzene rings is 1. The number of methoxy groups -OCH3 is 1. The van der Waals surface area contributed by atoms with Crippen LogP contribution in [-0.2, 0) is 6.42 Å². The molecule has 0 saturated carbocycles. The lowest BCUT2D eigenvalue weighted by molar-refractivity contribution is 0.0697. The number of thiophene rings is 1. The third kappa shape index (κ3) is 3.34. The molecule has 23 heavy (non-hydrogen) atoms. The highest BCUT2D eigenvalue weighted by atomic mass is 32.1. The van der Waals surface area contributed by atoms with Crippen molar-refractivity contribution < 1.29 is 23.8 Å². The standard InChI is InChI=1S/C16H16FNO4S/c1-4-10-8(2)23-15(13(10)16(20)21)18-14(19)9-5-6-12(22-3)11(17)7-9/h5-7H,4H2,1-3H3,(H,18,19)(H,20,21). The van der Waals surface area contributed by atoms with Gasteiger partial charge in [-0.15, -0.1) is 11.3 Å². The van der Waals surface area contributed by atoms with Crippen molar-refractivity contribution in [2.45, 2.75) is 20.3 Å². The lowest BCUT2D eigenvalue weighted by atomic mass is 10.1. The normalized spacial score (nSPS) is 10.4. The van der Waals surface area contributed by atoms with Gasteiger partial charge in [-0.2, -0.15) is 0 Å². The van der Waals surface area contributed by atoms with Crippen LogP contribution in [0.15, 0.2) is 18.2 Å². The number of aromatic carboxylic acids is 1. The van der Waals surface area contributed by atoms with Gasteiger partial charge in [0.1, 0.15) is 5.00 Å². The number of carbonyl (C=O) groups is 2. The van der Waals surface area contributed by atoms with Crippen LogP contribution in [0, 0.1) is 12.7 Å². The SMILES string of the molecule is CCc1c(C)sc(NC(=O)c2ccc(OC)c(F)c2)c1C(=O)O. The first-order valence-electron chi connectivity index (χ1n) is 6.89. The molecule has 0 spiro atoms. The Morgan fingerprint density at radius 3 is 2.61 bits per heavy atom. The van der Waals surface area contributed by atoms with Gasteiger partial charge in [-0.05, 0) is 37.1 Å². The zero-order valence-electron chi connectivity index (χ0n) is 12.9. The molecule has 0 aliphatic heterocycles. The number of halogens is 1. The van der Waals surface area contributed by atoms with Crippen LogP contribution in [0.5, 0.6) is 5.75 Å². The third-order valence-electron chi connectivity index (χ3n) is 3.42. The molecule has 2 aromatic rings. The second-order valence-corrected chi connectivity index (χ2v) is 6.03. The Bertz CT molecular complexity index is 770. The summed E-state index contributed by atoms with van der Waals surface area (Å²) in [5.74, 6) is -2.29. The minimum atomic E-state index is -1.09. The van der Waals surface area contributed by atoms with Crippen molar-refractivity contribution in [2.75, 3.05) is 12.4 Å². The summed E-state index contributed by atoms with van der Waals surface area (Å²) in [5.41, 5.74) is 0.875. The highest BCUT2D eigenvalue weighted by molar-refractivity contribution is 7.16. The summed E-state index contributed by atoms with van der Waals surface area (Å²) in [4.78, 5) is 24.5. The van der Waals surface area contributed by atoms with Gasteiger partial charge in [0.05, 0.1) is 12.7 Å². The van der Waals surface area contributed by atoms with Gasteiger partial charge in [0, 0.05) is 10.4 Å². The number of carboxylic acid groups (broad SMARTS) is 1.